The van der Waals surface area contributed by atoms with Gasteiger partial charge in [-0.05, 0) is 0 Å². The summed E-state index contributed by atoms with van der Waals surface area (Å²) in [7, 11) is -4.78. The van der Waals surface area contributed by atoms with Gasteiger partial charge in [0.2, 0.25) is 0 Å². The first-order chi connectivity index (χ1) is 7.33. The second-order valence-corrected chi connectivity index (χ2v) is 17.9. The van der Waals surface area contributed by atoms with Crippen LogP contribution in [0.4, 0.5) is 0 Å². The summed E-state index contributed by atoms with van der Waals surface area (Å²) in [5.41, 5.74) is 0. The Labute approximate surface area is 101 Å². The molecule has 100 valence electrons. The third kappa shape index (κ3) is 4.06. The van der Waals surface area contributed by atoms with Crippen LogP contribution in [0.5, 0.6) is 0 Å². The van der Waals surface area contributed by atoms with Crippen molar-refractivity contribution in [3.05, 3.63) is 0 Å². The average molecular weight is 270 g/mol. The quantitative estimate of drug-likeness (QED) is 0.418. The molecule has 0 aliphatic rings. The molecule has 1 N–H and O–H groups in total. The third-order valence-corrected chi connectivity index (χ3v) is 13.8. The number of ether oxygens (including phenoxy) is 2. The van der Waals surface area contributed by atoms with Gasteiger partial charge in [-0.2, -0.15) is 0 Å². The van der Waals surface area contributed by atoms with Crippen LogP contribution in [0.15, 0.2) is 0 Å². The standard InChI is InChI=1S/C10H27O4PSi/c1-7-12-10(13-8-2)15(11,14-9-3)16(4,5)6/h10-11,15H,7-9H2,1-6H3. The zero-order valence-electron chi connectivity index (χ0n) is 11.4. The Bertz CT molecular complexity index is 192. The molecule has 0 heterocycles. The molecule has 0 aliphatic heterocycles. The molecule has 0 radical (unpaired) electrons. The van der Waals surface area contributed by atoms with Crippen LogP contribution in [0.25, 0.3) is 0 Å². The van der Waals surface area contributed by atoms with E-state index >= 15 is 0 Å². The molecule has 0 saturated carbocycles. The molecule has 0 amide bonds. The van der Waals surface area contributed by atoms with Crippen molar-refractivity contribution in [2.75, 3.05) is 19.8 Å². The molecule has 4 nitrogen and oxygen atoms in total. The third-order valence-electron chi connectivity index (χ3n) is 2.39. The van der Waals surface area contributed by atoms with E-state index in [2.05, 4.69) is 19.6 Å². The molecule has 0 rings (SSSR count). The van der Waals surface area contributed by atoms with Crippen LogP contribution in [0, 0.1) is 0 Å². The van der Waals surface area contributed by atoms with Gasteiger partial charge in [0.15, 0.2) is 0 Å². The zero-order chi connectivity index (χ0) is 12.8. The molecule has 0 aliphatic carbocycles. The Morgan fingerprint density at radius 2 is 1.44 bits per heavy atom. The molecule has 0 atom stereocenters. The predicted molar refractivity (Wildman–Crippen MR) is 72.5 cm³/mol. The molecule has 16 heavy (non-hydrogen) atoms. The van der Waals surface area contributed by atoms with Gasteiger partial charge in [0.25, 0.3) is 0 Å². The van der Waals surface area contributed by atoms with Crippen LogP contribution in [0.1, 0.15) is 20.8 Å². The molecule has 6 heteroatoms. The summed E-state index contributed by atoms with van der Waals surface area (Å²) in [6.07, 6.45) is 0. The molecule has 0 unspecified atom stereocenters. The molecule has 0 aromatic rings. The van der Waals surface area contributed by atoms with Gasteiger partial charge in [0.1, 0.15) is 0 Å². The van der Waals surface area contributed by atoms with E-state index in [-0.39, 0.29) is 0 Å². The second kappa shape index (κ2) is 7.04. The van der Waals surface area contributed by atoms with Gasteiger partial charge < -0.3 is 0 Å². The van der Waals surface area contributed by atoms with Crippen molar-refractivity contribution in [2.24, 2.45) is 0 Å². The minimum absolute atomic E-state index is 0.504. The second-order valence-electron chi connectivity index (χ2n) is 4.62. The Morgan fingerprint density at radius 3 is 1.69 bits per heavy atom. The van der Waals surface area contributed by atoms with E-state index in [0.717, 1.165) is 0 Å². The average Bonchev–Trinajstić information content (AvgIpc) is 2.16. The zero-order valence-corrected chi connectivity index (χ0v) is 13.4. The summed E-state index contributed by atoms with van der Waals surface area (Å²) in [6, 6.07) is -0.561. The first-order valence-corrected chi connectivity index (χ1v) is 12.4. The van der Waals surface area contributed by atoms with Crippen molar-refractivity contribution in [3.63, 3.8) is 0 Å². The van der Waals surface area contributed by atoms with E-state index in [1.54, 1.807) is 0 Å². The number of rotatable bonds is 8. The summed E-state index contributed by atoms with van der Waals surface area (Å²) in [4.78, 5) is 10.8. The van der Waals surface area contributed by atoms with E-state index in [1.165, 1.54) is 0 Å². The Balaban J connectivity index is 4.95. The van der Waals surface area contributed by atoms with Crippen LogP contribution < -0.4 is 0 Å². The first kappa shape index (κ1) is 16.5. The molecule has 0 fully saturated rings. The maximum atomic E-state index is 10.8. The van der Waals surface area contributed by atoms with Gasteiger partial charge in [-0.15, -0.1) is 0 Å². The van der Waals surface area contributed by atoms with Crippen LogP contribution in [-0.4, -0.2) is 38.5 Å². The van der Waals surface area contributed by atoms with E-state index in [1.807, 2.05) is 20.8 Å². The molecule has 0 aromatic heterocycles. The number of hydrogen-bond donors (Lipinski definition) is 1. The van der Waals surface area contributed by atoms with Crippen molar-refractivity contribution in [3.8, 4) is 0 Å². The Morgan fingerprint density at radius 1 is 1.00 bits per heavy atom. The first-order valence-electron chi connectivity index (χ1n) is 5.93. The van der Waals surface area contributed by atoms with Gasteiger partial charge in [0.05, 0.1) is 0 Å². The summed E-state index contributed by atoms with van der Waals surface area (Å²) in [5, 5.41) is 0. The summed E-state index contributed by atoms with van der Waals surface area (Å²) in [6.45, 7) is 13.5. The molecular weight excluding hydrogens is 243 g/mol. The molecular formula is C10H27O4PSi. The molecule has 0 aromatic carbocycles. The fraction of sp³-hybridized carbons (Fsp3) is 1.00. The Hall–Kier alpha value is 0.487. The normalized spacial score (nSPS) is 14.5. The van der Waals surface area contributed by atoms with Crippen molar-refractivity contribution >= 4 is 15.0 Å². The van der Waals surface area contributed by atoms with Gasteiger partial charge in [0, 0.05) is 0 Å². The van der Waals surface area contributed by atoms with Gasteiger partial charge in [-0.3, -0.25) is 0 Å². The van der Waals surface area contributed by atoms with E-state index < -0.39 is 21.0 Å². The van der Waals surface area contributed by atoms with E-state index in [0.29, 0.717) is 19.8 Å². The van der Waals surface area contributed by atoms with Crippen LogP contribution in [0.3, 0.4) is 0 Å². The molecule has 0 spiro atoms. The fourth-order valence-electron chi connectivity index (χ4n) is 1.43. The molecule has 0 bridgehead atoms. The summed E-state index contributed by atoms with van der Waals surface area (Å²) >= 11 is 0. The van der Waals surface area contributed by atoms with E-state index in [4.69, 9.17) is 14.0 Å². The minimum atomic E-state index is -2.93. The van der Waals surface area contributed by atoms with Gasteiger partial charge in [-0.1, -0.05) is 0 Å². The van der Waals surface area contributed by atoms with Crippen molar-refractivity contribution < 1.29 is 18.9 Å². The van der Waals surface area contributed by atoms with E-state index in [9.17, 15) is 4.89 Å². The van der Waals surface area contributed by atoms with Crippen molar-refractivity contribution in [2.45, 2.75) is 46.4 Å². The SMILES string of the molecule is CCOC(OCC)[PH](O)(OCC)[Si](C)(C)C. The van der Waals surface area contributed by atoms with Crippen LogP contribution in [-0.2, 0) is 14.0 Å². The predicted octanol–water partition coefficient (Wildman–Crippen LogP) is 2.79. The van der Waals surface area contributed by atoms with Crippen LogP contribution in [0.2, 0.25) is 19.6 Å². The summed E-state index contributed by atoms with van der Waals surface area (Å²) < 4.78 is 16.7. The van der Waals surface area contributed by atoms with Gasteiger partial charge >= 0.3 is 100 Å². The topological polar surface area (TPSA) is 47.9 Å². The number of hydrogen-bond acceptors (Lipinski definition) is 4. The molecule has 0 saturated heterocycles. The van der Waals surface area contributed by atoms with Crippen molar-refractivity contribution in [1.29, 1.82) is 0 Å². The maximum absolute atomic E-state index is 10.8. The fourth-order valence-corrected chi connectivity index (χ4v) is 8.29. The monoisotopic (exact) mass is 270 g/mol. The van der Waals surface area contributed by atoms with Gasteiger partial charge in [-0.25, -0.2) is 0 Å². The summed E-state index contributed by atoms with van der Waals surface area (Å²) in [5.74, 6) is 0. The van der Waals surface area contributed by atoms with Crippen molar-refractivity contribution in [1.82, 2.24) is 0 Å². The Kier molecular flexibility index (Phi) is 7.25. The van der Waals surface area contributed by atoms with Crippen LogP contribution >= 0.6 is 7.26 Å².